The first-order chi connectivity index (χ1) is 5.72. The molecule has 3 heteroatoms. The Labute approximate surface area is 71.4 Å². The van der Waals surface area contributed by atoms with Gasteiger partial charge in [0.2, 0.25) is 0 Å². The van der Waals surface area contributed by atoms with Crippen LogP contribution in [0.15, 0.2) is 24.3 Å². The van der Waals surface area contributed by atoms with E-state index in [2.05, 4.69) is 5.32 Å². The monoisotopic (exact) mass is 165 g/mol. The van der Waals surface area contributed by atoms with Gasteiger partial charge in [-0.3, -0.25) is 0 Å². The molecule has 64 valence electrons. The lowest BCUT2D eigenvalue weighted by atomic mass is 10.2. The molecule has 1 rings (SSSR count). The summed E-state index contributed by atoms with van der Waals surface area (Å²) >= 11 is 0. The summed E-state index contributed by atoms with van der Waals surface area (Å²) in [5.74, 6) is 0.564. The standard InChI is InChI=1S/C9H11NO2/c1-7-4-3-5-8(6-7)12-9(11)10-2/h3-6H,1-2H3,(H,10,11). The molecule has 0 heterocycles. The van der Waals surface area contributed by atoms with E-state index in [1.807, 2.05) is 19.1 Å². The van der Waals surface area contributed by atoms with Crippen LogP contribution in [0.25, 0.3) is 0 Å². The normalized spacial score (nSPS) is 9.17. The molecule has 1 aromatic rings. The van der Waals surface area contributed by atoms with Crippen molar-refractivity contribution < 1.29 is 9.53 Å². The molecule has 0 unspecified atom stereocenters. The Hall–Kier alpha value is -1.51. The van der Waals surface area contributed by atoms with Crippen LogP contribution < -0.4 is 10.1 Å². The van der Waals surface area contributed by atoms with Crippen LogP contribution in [0, 0.1) is 6.92 Å². The van der Waals surface area contributed by atoms with Gasteiger partial charge in [0.25, 0.3) is 0 Å². The van der Waals surface area contributed by atoms with Gasteiger partial charge < -0.3 is 10.1 Å². The average molecular weight is 165 g/mol. The van der Waals surface area contributed by atoms with E-state index in [4.69, 9.17) is 4.74 Å². The second-order valence-electron chi connectivity index (χ2n) is 2.46. The first-order valence-corrected chi connectivity index (χ1v) is 3.68. The molecule has 3 nitrogen and oxygen atoms in total. The zero-order chi connectivity index (χ0) is 8.97. The Morgan fingerprint density at radius 2 is 2.25 bits per heavy atom. The molecule has 1 N–H and O–H groups in total. The van der Waals surface area contributed by atoms with E-state index in [0.717, 1.165) is 5.56 Å². The van der Waals surface area contributed by atoms with Crippen LogP contribution in [-0.2, 0) is 0 Å². The molecule has 1 aromatic carbocycles. The second-order valence-corrected chi connectivity index (χ2v) is 2.46. The summed E-state index contributed by atoms with van der Waals surface area (Å²) in [6.07, 6.45) is -0.444. The van der Waals surface area contributed by atoms with E-state index >= 15 is 0 Å². The van der Waals surface area contributed by atoms with E-state index in [0.29, 0.717) is 5.75 Å². The molecular weight excluding hydrogens is 154 g/mol. The molecule has 0 aliphatic carbocycles. The molecule has 0 radical (unpaired) electrons. The van der Waals surface area contributed by atoms with Gasteiger partial charge in [-0.25, -0.2) is 4.79 Å². The summed E-state index contributed by atoms with van der Waals surface area (Å²) in [5.41, 5.74) is 1.07. The minimum absolute atomic E-state index is 0.444. The zero-order valence-electron chi connectivity index (χ0n) is 7.13. The van der Waals surface area contributed by atoms with Crippen molar-refractivity contribution in [1.82, 2.24) is 5.32 Å². The first kappa shape index (κ1) is 8.59. The number of benzene rings is 1. The van der Waals surface area contributed by atoms with Crippen LogP contribution in [0.3, 0.4) is 0 Å². The molecule has 1 amide bonds. The largest absolute Gasteiger partial charge is 0.412 e. The molecule has 0 aliphatic heterocycles. The smallest absolute Gasteiger partial charge is 0.410 e. The summed E-state index contributed by atoms with van der Waals surface area (Å²) in [7, 11) is 1.53. The van der Waals surface area contributed by atoms with Crippen LogP contribution in [0.5, 0.6) is 5.75 Å². The lowest BCUT2D eigenvalue weighted by Crippen LogP contribution is -2.21. The van der Waals surface area contributed by atoms with Gasteiger partial charge in [0.05, 0.1) is 0 Å². The van der Waals surface area contributed by atoms with E-state index in [1.165, 1.54) is 7.05 Å². The molecule has 12 heavy (non-hydrogen) atoms. The Kier molecular flexibility index (Phi) is 2.69. The van der Waals surface area contributed by atoms with Gasteiger partial charge in [-0.2, -0.15) is 0 Å². The highest BCUT2D eigenvalue weighted by molar-refractivity contribution is 5.69. The summed E-state index contributed by atoms with van der Waals surface area (Å²) in [5, 5.41) is 2.37. The highest BCUT2D eigenvalue weighted by atomic mass is 16.5. The Morgan fingerprint density at radius 3 is 2.83 bits per heavy atom. The van der Waals surface area contributed by atoms with Gasteiger partial charge in [0, 0.05) is 7.05 Å². The number of ether oxygens (including phenoxy) is 1. The Morgan fingerprint density at radius 1 is 1.50 bits per heavy atom. The number of carbonyl (C=O) groups excluding carboxylic acids is 1. The van der Waals surface area contributed by atoms with Crippen LogP contribution in [0.2, 0.25) is 0 Å². The van der Waals surface area contributed by atoms with Crippen LogP contribution in [0.1, 0.15) is 5.56 Å². The fraction of sp³-hybridized carbons (Fsp3) is 0.222. The number of hydrogen-bond donors (Lipinski definition) is 1. The fourth-order valence-corrected chi connectivity index (χ4v) is 0.837. The third-order valence-electron chi connectivity index (χ3n) is 1.40. The van der Waals surface area contributed by atoms with Crippen molar-refractivity contribution in [3.63, 3.8) is 0 Å². The van der Waals surface area contributed by atoms with Crippen molar-refractivity contribution in [3.05, 3.63) is 29.8 Å². The molecule has 0 bridgehead atoms. The summed E-state index contributed by atoms with van der Waals surface area (Å²) in [6.45, 7) is 1.94. The van der Waals surface area contributed by atoms with E-state index in [-0.39, 0.29) is 0 Å². The minimum Gasteiger partial charge on any atom is -0.410 e. The predicted octanol–water partition coefficient (Wildman–Crippen LogP) is 1.71. The highest BCUT2D eigenvalue weighted by Gasteiger charge is 1.99. The maximum absolute atomic E-state index is 10.8. The maximum Gasteiger partial charge on any atom is 0.412 e. The molecule has 0 atom stereocenters. The molecule has 0 saturated carbocycles. The third-order valence-corrected chi connectivity index (χ3v) is 1.40. The summed E-state index contributed by atoms with van der Waals surface area (Å²) < 4.78 is 4.89. The van der Waals surface area contributed by atoms with Gasteiger partial charge in [-0.1, -0.05) is 12.1 Å². The molecule has 0 fully saturated rings. The van der Waals surface area contributed by atoms with Gasteiger partial charge in [-0.05, 0) is 24.6 Å². The Bertz CT molecular complexity index is 284. The second kappa shape index (κ2) is 3.76. The van der Waals surface area contributed by atoms with E-state index < -0.39 is 6.09 Å². The maximum atomic E-state index is 10.8. The SMILES string of the molecule is CNC(=O)Oc1cccc(C)c1. The lowest BCUT2D eigenvalue weighted by Gasteiger charge is -2.02. The zero-order valence-corrected chi connectivity index (χ0v) is 7.13. The van der Waals surface area contributed by atoms with E-state index in [1.54, 1.807) is 12.1 Å². The van der Waals surface area contributed by atoms with Gasteiger partial charge in [0.15, 0.2) is 0 Å². The first-order valence-electron chi connectivity index (χ1n) is 3.68. The Balaban J connectivity index is 2.69. The van der Waals surface area contributed by atoms with Crippen molar-refractivity contribution in [2.75, 3.05) is 7.05 Å². The molecule has 0 spiro atoms. The minimum atomic E-state index is -0.444. The highest BCUT2D eigenvalue weighted by Crippen LogP contribution is 2.11. The molecule has 0 aliphatic rings. The number of nitrogens with one attached hydrogen (secondary N) is 1. The van der Waals surface area contributed by atoms with Crippen molar-refractivity contribution >= 4 is 6.09 Å². The number of hydrogen-bond acceptors (Lipinski definition) is 2. The molecular formula is C9H11NO2. The molecule has 0 aromatic heterocycles. The van der Waals surface area contributed by atoms with Crippen LogP contribution in [-0.4, -0.2) is 13.1 Å². The third kappa shape index (κ3) is 2.27. The predicted molar refractivity (Wildman–Crippen MR) is 46.3 cm³/mol. The van der Waals surface area contributed by atoms with Crippen LogP contribution >= 0.6 is 0 Å². The number of rotatable bonds is 1. The van der Waals surface area contributed by atoms with Crippen molar-refractivity contribution in [1.29, 1.82) is 0 Å². The van der Waals surface area contributed by atoms with Crippen molar-refractivity contribution in [2.45, 2.75) is 6.92 Å². The summed E-state index contributed by atoms with van der Waals surface area (Å²) in [4.78, 5) is 10.8. The topological polar surface area (TPSA) is 38.3 Å². The van der Waals surface area contributed by atoms with Gasteiger partial charge in [-0.15, -0.1) is 0 Å². The quantitative estimate of drug-likeness (QED) is 0.688. The number of aryl methyl sites for hydroxylation is 1. The van der Waals surface area contributed by atoms with Crippen molar-refractivity contribution in [3.8, 4) is 5.75 Å². The molecule has 0 saturated heterocycles. The summed E-state index contributed by atoms with van der Waals surface area (Å²) in [6, 6.07) is 7.32. The lowest BCUT2D eigenvalue weighted by molar-refractivity contribution is 0.203. The fourth-order valence-electron chi connectivity index (χ4n) is 0.837. The van der Waals surface area contributed by atoms with Crippen molar-refractivity contribution in [2.24, 2.45) is 0 Å². The number of carbonyl (C=O) groups is 1. The van der Waals surface area contributed by atoms with Crippen LogP contribution in [0.4, 0.5) is 4.79 Å². The number of amides is 1. The average Bonchev–Trinajstić information content (AvgIpc) is 2.04. The van der Waals surface area contributed by atoms with Gasteiger partial charge >= 0.3 is 6.09 Å². The van der Waals surface area contributed by atoms with Gasteiger partial charge in [0.1, 0.15) is 5.75 Å². The van der Waals surface area contributed by atoms with E-state index in [9.17, 15) is 4.79 Å².